The summed E-state index contributed by atoms with van der Waals surface area (Å²) < 4.78 is 5.73. The summed E-state index contributed by atoms with van der Waals surface area (Å²) in [7, 11) is 0. The summed E-state index contributed by atoms with van der Waals surface area (Å²) in [5.41, 5.74) is 0.500. The summed E-state index contributed by atoms with van der Waals surface area (Å²) >= 11 is 0. The van der Waals surface area contributed by atoms with Crippen LogP contribution < -0.4 is 0 Å². The number of esters is 1. The molecule has 0 aliphatic heterocycles. The fourth-order valence-corrected chi connectivity index (χ4v) is 5.50. The molecule has 0 N–H and O–H groups in total. The van der Waals surface area contributed by atoms with Crippen molar-refractivity contribution in [2.45, 2.75) is 44.6 Å². The monoisotopic (exact) mass is 295 g/mol. The van der Waals surface area contributed by atoms with Gasteiger partial charge in [-0.3, -0.25) is 4.79 Å². The molecule has 1 aromatic rings. The molecule has 3 saturated carbocycles. The highest BCUT2D eigenvalue weighted by molar-refractivity contribution is 5.79. The summed E-state index contributed by atoms with van der Waals surface area (Å²) in [6.45, 7) is 0. The van der Waals surface area contributed by atoms with E-state index in [4.69, 9.17) is 4.74 Å². The van der Waals surface area contributed by atoms with Gasteiger partial charge in [-0.25, -0.2) is 0 Å². The Balaban J connectivity index is 1.58. The van der Waals surface area contributed by atoms with Gasteiger partial charge in [-0.2, -0.15) is 5.26 Å². The van der Waals surface area contributed by atoms with Gasteiger partial charge < -0.3 is 4.74 Å². The van der Waals surface area contributed by atoms with Crippen molar-refractivity contribution in [1.82, 2.24) is 0 Å². The Morgan fingerprint density at radius 2 is 2.09 bits per heavy atom. The number of carbonyl (C=O) groups is 1. The minimum Gasteiger partial charge on any atom is -0.441 e. The maximum atomic E-state index is 13.0. The van der Waals surface area contributed by atoms with E-state index >= 15 is 0 Å². The van der Waals surface area contributed by atoms with Gasteiger partial charge in [-0.05, 0) is 49.9 Å². The Kier molecular flexibility index (Phi) is 3.22. The molecule has 0 heterocycles. The van der Waals surface area contributed by atoms with Crippen LogP contribution in [0.5, 0.6) is 0 Å². The highest BCUT2D eigenvalue weighted by atomic mass is 16.5. The third-order valence-electron chi connectivity index (χ3n) is 6.36. The van der Waals surface area contributed by atoms with Gasteiger partial charge in [0.15, 0.2) is 0 Å². The molecule has 3 aliphatic rings. The third kappa shape index (κ3) is 1.83. The van der Waals surface area contributed by atoms with Crippen molar-refractivity contribution in [2.24, 2.45) is 23.2 Å². The molecule has 5 unspecified atom stereocenters. The first-order chi connectivity index (χ1) is 10.8. The van der Waals surface area contributed by atoms with Crippen molar-refractivity contribution in [2.75, 3.05) is 0 Å². The zero-order chi connectivity index (χ0) is 15.2. The van der Waals surface area contributed by atoms with Gasteiger partial charge in [0, 0.05) is 5.56 Å². The number of carbonyl (C=O) groups excluding carboxylic acids is 1. The standard InChI is InChI=1S/C19H21NO2/c20-12-17(13-5-2-1-3-6-13)22-18(21)19-10-4-7-16(19)14-8-9-15(19)11-14/h1-3,5-6,14-17H,4,7-11H2. The molecular formula is C19H21NO2. The summed E-state index contributed by atoms with van der Waals surface area (Å²) in [6.07, 6.45) is 6.13. The van der Waals surface area contributed by atoms with Crippen LogP contribution >= 0.6 is 0 Å². The number of benzene rings is 1. The summed E-state index contributed by atoms with van der Waals surface area (Å²) in [5.74, 6) is 1.62. The highest BCUT2D eigenvalue weighted by Gasteiger charge is 2.64. The molecule has 0 radical (unpaired) electrons. The molecule has 22 heavy (non-hydrogen) atoms. The topological polar surface area (TPSA) is 50.1 Å². The van der Waals surface area contributed by atoms with Crippen molar-refractivity contribution >= 4 is 5.97 Å². The van der Waals surface area contributed by atoms with E-state index in [1.54, 1.807) is 0 Å². The van der Waals surface area contributed by atoms with Crippen LogP contribution in [-0.2, 0) is 9.53 Å². The fraction of sp³-hybridized carbons (Fsp3) is 0.579. The summed E-state index contributed by atoms with van der Waals surface area (Å²) in [6, 6.07) is 11.5. The zero-order valence-corrected chi connectivity index (χ0v) is 12.7. The Bertz CT molecular complexity index is 620. The van der Waals surface area contributed by atoms with Crippen LogP contribution in [0.3, 0.4) is 0 Å². The van der Waals surface area contributed by atoms with Crippen molar-refractivity contribution in [3.63, 3.8) is 0 Å². The Hall–Kier alpha value is -1.82. The van der Waals surface area contributed by atoms with Crippen LogP contribution in [0.25, 0.3) is 0 Å². The van der Waals surface area contributed by atoms with Crippen molar-refractivity contribution < 1.29 is 9.53 Å². The molecule has 2 bridgehead atoms. The third-order valence-corrected chi connectivity index (χ3v) is 6.36. The van der Waals surface area contributed by atoms with Crippen LogP contribution in [0.15, 0.2) is 30.3 Å². The predicted octanol–water partition coefficient (Wildman–Crippen LogP) is 4.01. The lowest BCUT2D eigenvalue weighted by molar-refractivity contribution is -0.165. The van der Waals surface area contributed by atoms with Gasteiger partial charge in [-0.1, -0.05) is 36.8 Å². The second-order valence-electron chi connectivity index (χ2n) is 7.13. The van der Waals surface area contributed by atoms with Crippen LogP contribution in [0.4, 0.5) is 0 Å². The van der Waals surface area contributed by atoms with Gasteiger partial charge in [-0.15, -0.1) is 0 Å². The molecule has 0 aromatic heterocycles. The first-order valence-electron chi connectivity index (χ1n) is 8.41. The molecule has 3 fully saturated rings. The number of ether oxygens (including phenoxy) is 1. The molecule has 5 atom stereocenters. The van der Waals surface area contributed by atoms with Gasteiger partial charge in [0.1, 0.15) is 6.07 Å². The fourth-order valence-electron chi connectivity index (χ4n) is 5.50. The Morgan fingerprint density at radius 3 is 2.86 bits per heavy atom. The summed E-state index contributed by atoms with van der Waals surface area (Å²) in [5, 5.41) is 9.41. The van der Waals surface area contributed by atoms with E-state index in [9.17, 15) is 10.1 Å². The number of hydrogen-bond donors (Lipinski definition) is 0. The molecule has 3 nitrogen and oxygen atoms in total. The minimum absolute atomic E-state index is 0.0994. The Labute approximate surface area is 131 Å². The van der Waals surface area contributed by atoms with E-state index < -0.39 is 6.10 Å². The van der Waals surface area contributed by atoms with Crippen molar-refractivity contribution in [3.8, 4) is 6.07 Å². The average molecular weight is 295 g/mol. The van der Waals surface area contributed by atoms with Crippen molar-refractivity contribution in [1.29, 1.82) is 5.26 Å². The number of rotatable bonds is 3. The lowest BCUT2D eigenvalue weighted by Gasteiger charge is -2.37. The summed E-state index contributed by atoms with van der Waals surface area (Å²) in [4.78, 5) is 13.0. The van der Waals surface area contributed by atoms with Crippen LogP contribution in [-0.4, -0.2) is 5.97 Å². The molecule has 3 aliphatic carbocycles. The van der Waals surface area contributed by atoms with Gasteiger partial charge in [0.05, 0.1) is 5.41 Å². The first-order valence-corrected chi connectivity index (χ1v) is 8.41. The van der Waals surface area contributed by atoms with E-state index in [0.717, 1.165) is 24.3 Å². The molecule has 114 valence electrons. The molecule has 4 rings (SSSR count). The number of nitriles is 1. The average Bonchev–Trinajstić information content (AvgIpc) is 3.25. The second-order valence-corrected chi connectivity index (χ2v) is 7.13. The van der Waals surface area contributed by atoms with Gasteiger partial charge >= 0.3 is 5.97 Å². The van der Waals surface area contributed by atoms with E-state index in [0.29, 0.717) is 11.8 Å². The maximum Gasteiger partial charge on any atom is 0.314 e. The van der Waals surface area contributed by atoms with Gasteiger partial charge in [0.25, 0.3) is 0 Å². The maximum absolute atomic E-state index is 13.0. The van der Waals surface area contributed by atoms with Crippen LogP contribution in [0, 0.1) is 34.5 Å². The van der Waals surface area contributed by atoms with Crippen LogP contribution in [0.1, 0.15) is 50.2 Å². The minimum atomic E-state index is -0.775. The van der Waals surface area contributed by atoms with Gasteiger partial charge in [0.2, 0.25) is 6.10 Å². The van der Waals surface area contributed by atoms with E-state index in [1.165, 1.54) is 25.7 Å². The van der Waals surface area contributed by atoms with E-state index in [2.05, 4.69) is 6.07 Å². The normalized spacial score (nSPS) is 36.6. The molecular weight excluding hydrogens is 274 g/mol. The zero-order valence-electron chi connectivity index (χ0n) is 12.7. The molecule has 0 spiro atoms. The Morgan fingerprint density at radius 1 is 1.27 bits per heavy atom. The number of hydrogen-bond acceptors (Lipinski definition) is 3. The lowest BCUT2D eigenvalue weighted by Crippen LogP contribution is -2.41. The van der Waals surface area contributed by atoms with E-state index in [-0.39, 0.29) is 11.4 Å². The second kappa shape index (κ2) is 5.12. The molecule has 0 amide bonds. The largest absolute Gasteiger partial charge is 0.441 e. The number of nitrogens with zero attached hydrogens (tertiary/aromatic N) is 1. The SMILES string of the molecule is N#CC(OC(=O)C12CCCC1C1CCC2C1)c1ccccc1. The quantitative estimate of drug-likeness (QED) is 0.792. The number of fused-ring (bicyclic) bond motifs is 5. The van der Waals surface area contributed by atoms with Crippen LogP contribution in [0.2, 0.25) is 0 Å². The lowest BCUT2D eigenvalue weighted by atomic mass is 9.68. The highest BCUT2D eigenvalue weighted by Crippen LogP contribution is 2.66. The van der Waals surface area contributed by atoms with E-state index in [1.807, 2.05) is 30.3 Å². The molecule has 1 aromatic carbocycles. The molecule has 3 heteroatoms. The smallest absolute Gasteiger partial charge is 0.314 e. The van der Waals surface area contributed by atoms with Crippen molar-refractivity contribution in [3.05, 3.63) is 35.9 Å². The first kappa shape index (κ1) is 13.8. The predicted molar refractivity (Wildman–Crippen MR) is 81.5 cm³/mol. The molecule has 0 saturated heterocycles.